The molecule has 7 nitrogen and oxygen atoms in total. The molecule has 0 atom stereocenters. The Hall–Kier alpha value is -3.27. The van der Waals surface area contributed by atoms with E-state index in [4.69, 9.17) is 21.1 Å². The minimum absolute atomic E-state index is 0.225. The van der Waals surface area contributed by atoms with Gasteiger partial charge in [-0.15, -0.1) is 0 Å². The first-order chi connectivity index (χ1) is 16.9. The topological polar surface area (TPSA) is 84.9 Å². The molecular formula is C25H18BrClN2O5S. The van der Waals surface area contributed by atoms with Crippen LogP contribution in [-0.4, -0.2) is 30.8 Å². The van der Waals surface area contributed by atoms with Crippen molar-refractivity contribution >= 4 is 73.8 Å². The van der Waals surface area contributed by atoms with Gasteiger partial charge in [0.1, 0.15) is 0 Å². The molecule has 0 saturated carbocycles. The van der Waals surface area contributed by atoms with Gasteiger partial charge in [0.2, 0.25) is 0 Å². The molecular weight excluding hydrogens is 556 g/mol. The number of ether oxygens (including phenoxy) is 2. The van der Waals surface area contributed by atoms with Gasteiger partial charge in [0.15, 0.2) is 18.1 Å². The van der Waals surface area contributed by atoms with Crippen LogP contribution in [0.2, 0.25) is 5.02 Å². The Kier molecular flexibility index (Phi) is 7.80. The third-order valence-electron chi connectivity index (χ3n) is 4.86. The number of nitrogens with one attached hydrogen (secondary N) is 1. The number of imide groups is 1. The Morgan fingerprint density at radius 1 is 1.09 bits per heavy atom. The zero-order valence-electron chi connectivity index (χ0n) is 18.3. The van der Waals surface area contributed by atoms with Gasteiger partial charge in [-0.3, -0.25) is 14.4 Å². The summed E-state index contributed by atoms with van der Waals surface area (Å²) >= 11 is 10.2. The summed E-state index contributed by atoms with van der Waals surface area (Å²) in [5.74, 6) is -0.0571. The van der Waals surface area contributed by atoms with Crippen LogP contribution in [0, 0.1) is 0 Å². The monoisotopic (exact) mass is 572 g/mol. The molecule has 0 aliphatic carbocycles. The van der Waals surface area contributed by atoms with Crippen LogP contribution in [0.15, 0.2) is 76.1 Å². The second kappa shape index (κ2) is 11.0. The van der Waals surface area contributed by atoms with Gasteiger partial charge in [0.25, 0.3) is 17.1 Å². The normalized spacial score (nSPS) is 14.4. The Morgan fingerprint density at radius 3 is 2.49 bits per heavy atom. The maximum Gasteiger partial charge on any atom is 0.298 e. The van der Waals surface area contributed by atoms with Crippen molar-refractivity contribution < 1.29 is 23.9 Å². The molecule has 1 N–H and O–H groups in total. The maximum absolute atomic E-state index is 12.9. The molecule has 3 amide bonds. The van der Waals surface area contributed by atoms with E-state index in [2.05, 4.69) is 21.2 Å². The van der Waals surface area contributed by atoms with E-state index in [9.17, 15) is 14.4 Å². The van der Waals surface area contributed by atoms with Crippen molar-refractivity contribution in [2.75, 3.05) is 23.9 Å². The SMILES string of the molecule is COc1cc(/C=C2/SC(=O)N(c3ccc(Cl)cc3)C2=O)c(Br)cc1OCC(=O)Nc1ccccc1. The lowest BCUT2D eigenvalue weighted by Crippen LogP contribution is -2.27. The van der Waals surface area contributed by atoms with Crippen molar-refractivity contribution in [3.8, 4) is 11.5 Å². The first-order valence-electron chi connectivity index (χ1n) is 10.2. The Labute approximate surface area is 219 Å². The smallest absolute Gasteiger partial charge is 0.298 e. The van der Waals surface area contributed by atoms with Crippen LogP contribution in [-0.2, 0) is 9.59 Å². The quantitative estimate of drug-likeness (QED) is 0.331. The average molecular weight is 574 g/mol. The molecule has 4 rings (SSSR count). The zero-order chi connectivity index (χ0) is 24.9. The summed E-state index contributed by atoms with van der Waals surface area (Å²) in [5, 5.41) is 2.84. The number of rotatable bonds is 7. The molecule has 3 aromatic carbocycles. The highest BCUT2D eigenvalue weighted by Gasteiger charge is 2.36. The van der Waals surface area contributed by atoms with Gasteiger partial charge < -0.3 is 14.8 Å². The third-order valence-corrected chi connectivity index (χ3v) is 6.67. The lowest BCUT2D eigenvalue weighted by molar-refractivity contribution is -0.118. The van der Waals surface area contributed by atoms with E-state index in [0.717, 1.165) is 16.7 Å². The van der Waals surface area contributed by atoms with Gasteiger partial charge in [-0.25, -0.2) is 4.90 Å². The molecule has 1 aliphatic rings. The molecule has 3 aromatic rings. The molecule has 35 heavy (non-hydrogen) atoms. The first kappa shape index (κ1) is 24.8. The summed E-state index contributed by atoms with van der Waals surface area (Å²) in [7, 11) is 1.47. The fourth-order valence-corrected chi connectivity index (χ4v) is 4.61. The number of anilines is 2. The Balaban J connectivity index is 1.51. The van der Waals surface area contributed by atoms with Crippen LogP contribution in [0.1, 0.15) is 5.56 Å². The van der Waals surface area contributed by atoms with E-state index in [1.807, 2.05) is 18.2 Å². The fraction of sp³-hybridized carbons (Fsp3) is 0.0800. The second-order valence-corrected chi connectivity index (χ2v) is 9.50. The third kappa shape index (κ3) is 5.87. The van der Waals surface area contributed by atoms with Crippen molar-refractivity contribution in [3.05, 3.63) is 86.7 Å². The number of benzene rings is 3. The van der Waals surface area contributed by atoms with Gasteiger partial charge in [0.05, 0.1) is 17.7 Å². The van der Waals surface area contributed by atoms with Gasteiger partial charge in [-0.1, -0.05) is 45.7 Å². The average Bonchev–Trinajstić information content (AvgIpc) is 3.13. The Morgan fingerprint density at radius 2 is 1.80 bits per heavy atom. The summed E-state index contributed by atoms with van der Waals surface area (Å²) in [6, 6.07) is 18.8. The number of hydrogen-bond acceptors (Lipinski definition) is 6. The minimum Gasteiger partial charge on any atom is -0.493 e. The number of para-hydroxylation sites is 1. The molecule has 0 unspecified atom stereocenters. The zero-order valence-corrected chi connectivity index (χ0v) is 21.4. The largest absolute Gasteiger partial charge is 0.493 e. The molecule has 1 fully saturated rings. The first-order valence-corrected chi connectivity index (χ1v) is 12.2. The molecule has 1 heterocycles. The lowest BCUT2D eigenvalue weighted by atomic mass is 10.1. The molecule has 0 bridgehead atoms. The standard InChI is InChI=1S/C25H18BrClN2O5S/c1-33-20-11-15(12-22-24(31)29(25(32)35-22)18-9-7-16(27)8-10-18)19(26)13-21(20)34-14-23(30)28-17-5-3-2-4-6-17/h2-13H,14H2,1H3,(H,28,30)/b22-12+. The summed E-state index contributed by atoms with van der Waals surface area (Å²) in [6.45, 7) is -0.225. The number of carbonyl (C=O) groups excluding carboxylic acids is 3. The summed E-state index contributed by atoms with van der Waals surface area (Å²) in [5.41, 5.74) is 1.70. The predicted octanol–water partition coefficient (Wildman–Crippen LogP) is 6.37. The van der Waals surface area contributed by atoms with Crippen molar-refractivity contribution in [3.63, 3.8) is 0 Å². The molecule has 0 radical (unpaired) electrons. The van der Waals surface area contributed by atoms with Crippen LogP contribution in [0.25, 0.3) is 6.08 Å². The molecule has 10 heteroatoms. The summed E-state index contributed by atoms with van der Waals surface area (Å²) in [6.07, 6.45) is 1.60. The fourth-order valence-electron chi connectivity index (χ4n) is 3.22. The van der Waals surface area contributed by atoms with Crippen LogP contribution in [0.3, 0.4) is 0 Å². The van der Waals surface area contributed by atoms with Gasteiger partial charge in [-0.2, -0.15) is 0 Å². The van der Waals surface area contributed by atoms with E-state index in [-0.39, 0.29) is 17.4 Å². The number of amides is 3. The summed E-state index contributed by atoms with van der Waals surface area (Å²) in [4.78, 5) is 39.0. The van der Waals surface area contributed by atoms with Crippen molar-refractivity contribution in [1.29, 1.82) is 0 Å². The predicted molar refractivity (Wildman–Crippen MR) is 141 cm³/mol. The number of halogens is 2. The van der Waals surface area contributed by atoms with Gasteiger partial charge in [-0.05, 0) is 71.9 Å². The molecule has 178 valence electrons. The van der Waals surface area contributed by atoms with Crippen LogP contribution in [0.4, 0.5) is 16.2 Å². The maximum atomic E-state index is 12.9. The van der Waals surface area contributed by atoms with Crippen LogP contribution >= 0.6 is 39.3 Å². The minimum atomic E-state index is -0.439. The van der Waals surface area contributed by atoms with Gasteiger partial charge >= 0.3 is 0 Å². The highest BCUT2D eigenvalue weighted by atomic mass is 79.9. The van der Waals surface area contributed by atoms with E-state index >= 15 is 0 Å². The highest BCUT2D eigenvalue weighted by Crippen LogP contribution is 2.39. The number of hydrogen-bond donors (Lipinski definition) is 1. The van der Waals surface area contributed by atoms with Crippen LogP contribution in [0.5, 0.6) is 11.5 Å². The number of carbonyl (C=O) groups is 3. The number of nitrogens with zero attached hydrogens (tertiary/aromatic N) is 1. The number of methoxy groups -OCH3 is 1. The van der Waals surface area contributed by atoms with E-state index in [0.29, 0.717) is 37.9 Å². The van der Waals surface area contributed by atoms with Crippen LogP contribution < -0.4 is 19.7 Å². The highest BCUT2D eigenvalue weighted by molar-refractivity contribution is 9.10. The van der Waals surface area contributed by atoms with Crippen molar-refractivity contribution in [2.45, 2.75) is 0 Å². The van der Waals surface area contributed by atoms with E-state index < -0.39 is 11.1 Å². The molecule has 1 saturated heterocycles. The van der Waals surface area contributed by atoms with Crippen molar-refractivity contribution in [2.24, 2.45) is 0 Å². The number of thioether (sulfide) groups is 1. The van der Waals surface area contributed by atoms with E-state index in [1.54, 1.807) is 54.6 Å². The molecule has 0 aromatic heterocycles. The second-order valence-electron chi connectivity index (χ2n) is 7.22. The van der Waals surface area contributed by atoms with Gasteiger partial charge in [0, 0.05) is 15.2 Å². The lowest BCUT2D eigenvalue weighted by Gasteiger charge is -2.13. The van der Waals surface area contributed by atoms with Crippen molar-refractivity contribution in [1.82, 2.24) is 0 Å². The summed E-state index contributed by atoms with van der Waals surface area (Å²) < 4.78 is 11.7. The Bertz CT molecular complexity index is 1320. The molecule has 1 aliphatic heterocycles. The van der Waals surface area contributed by atoms with E-state index in [1.165, 1.54) is 7.11 Å². The molecule has 0 spiro atoms.